The predicted octanol–water partition coefficient (Wildman–Crippen LogP) is 4.82. The van der Waals surface area contributed by atoms with E-state index in [1.54, 1.807) is 12.1 Å². The first-order chi connectivity index (χ1) is 19.3. The van der Waals surface area contributed by atoms with Crippen LogP contribution in [0.3, 0.4) is 0 Å². The fourth-order valence-electron chi connectivity index (χ4n) is 5.34. The van der Waals surface area contributed by atoms with Gasteiger partial charge in [-0.15, -0.1) is 0 Å². The summed E-state index contributed by atoms with van der Waals surface area (Å²) in [7, 11) is 0. The number of aryl methyl sites for hydroxylation is 1. The first kappa shape index (κ1) is 28.6. The van der Waals surface area contributed by atoms with Gasteiger partial charge in [-0.2, -0.15) is 36.5 Å². The Labute approximate surface area is 228 Å². The van der Waals surface area contributed by atoms with E-state index in [1.165, 1.54) is 29.0 Å². The number of carbonyl (C=O) groups excluding carboxylic acids is 1. The minimum Gasteiger partial charge on any atom is -0.374 e. The van der Waals surface area contributed by atoms with Crippen LogP contribution in [-0.4, -0.2) is 54.8 Å². The number of rotatable bonds is 6. The third kappa shape index (κ3) is 5.39. The zero-order chi connectivity index (χ0) is 29.6. The number of benzene rings is 1. The summed E-state index contributed by atoms with van der Waals surface area (Å²) < 4.78 is 79.1. The molecule has 1 saturated carbocycles. The largest absolute Gasteiger partial charge is 0.426 e. The van der Waals surface area contributed by atoms with Gasteiger partial charge >= 0.3 is 12.4 Å². The summed E-state index contributed by atoms with van der Waals surface area (Å²) in [6, 6.07) is 9.80. The van der Waals surface area contributed by atoms with E-state index in [4.69, 9.17) is 0 Å². The highest BCUT2D eigenvalue weighted by molar-refractivity contribution is 6.00. The second-order valence-electron chi connectivity index (χ2n) is 10.3. The van der Waals surface area contributed by atoms with Gasteiger partial charge in [0.2, 0.25) is 0 Å². The summed E-state index contributed by atoms with van der Waals surface area (Å²) in [5.41, 5.74) is -3.69. The summed E-state index contributed by atoms with van der Waals surface area (Å²) in [5, 5.41) is 24.6. The van der Waals surface area contributed by atoms with Crippen molar-refractivity contribution in [3.05, 3.63) is 76.0 Å². The Morgan fingerprint density at radius 1 is 1.00 bits per heavy atom. The lowest BCUT2D eigenvalue weighted by molar-refractivity contribution is -0.369. The second kappa shape index (κ2) is 10.5. The highest BCUT2D eigenvalue weighted by Crippen LogP contribution is 2.45. The monoisotopic (exact) mass is 581 g/mol. The van der Waals surface area contributed by atoms with Crippen molar-refractivity contribution in [3.63, 3.8) is 0 Å². The van der Waals surface area contributed by atoms with Crippen molar-refractivity contribution in [1.29, 1.82) is 0 Å². The number of nitrogens with one attached hydrogen (secondary N) is 2. The molecule has 8 nitrogen and oxygen atoms in total. The highest BCUT2D eigenvalue weighted by Gasteiger charge is 2.69. The van der Waals surface area contributed by atoms with Gasteiger partial charge < -0.3 is 10.4 Å². The number of aliphatic hydroxyl groups is 1. The molecule has 0 radical (unpaired) electrons. The molecule has 1 amide bonds. The van der Waals surface area contributed by atoms with Crippen molar-refractivity contribution < 1.29 is 36.2 Å². The molecule has 1 fully saturated rings. The smallest absolute Gasteiger partial charge is 0.374 e. The Kier molecular flexibility index (Phi) is 7.30. The normalized spacial score (nSPS) is 18.6. The Bertz CT molecular complexity index is 1620. The average Bonchev–Trinajstić information content (AvgIpc) is 3.35. The van der Waals surface area contributed by atoms with Crippen LogP contribution in [0.1, 0.15) is 59.6 Å². The Hall–Kier alpha value is -3.94. The van der Waals surface area contributed by atoms with Crippen LogP contribution in [0.5, 0.6) is 0 Å². The van der Waals surface area contributed by atoms with Crippen molar-refractivity contribution in [2.45, 2.75) is 68.4 Å². The van der Waals surface area contributed by atoms with E-state index >= 15 is 0 Å². The summed E-state index contributed by atoms with van der Waals surface area (Å²) >= 11 is 0. The molecule has 3 aromatic heterocycles. The SMILES string of the molecule is O=C(NC1CCC(c2n[nH]c(=O)c3ccccc23)CC1)c1cnn2cc(CCC(O)(C(F)(F)F)C(F)(F)F)ccc12. The molecule has 0 atom stereocenters. The second-order valence-corrected chi connectivity index (χ2v) is 10.3. The van der Waals surface area contributed by atoms with E-state index in [0.717, 1.165) is 23.9 Å². The van der Waals surface area contributed by atoms with Gasteiger partial charge in [0.25, 0.3) is 17.1 Å². The number of alkyl halides is 6. The predicted molar refractivity (Wildman–Crippen MR) is 135 cm³/mol. The Morgan fingerprint density at radius 2 is 1.66 bits per heavy atom. The van der Waals surface area contributed by atoms with Crippen molar-refractivity contribution in [1.82, 2.24) is 25.1 Å². The number of aromatic nitrogens is 4. The van der Waals surface area contributed by atoms with Gasteiger partial charge in [0.05, 0.1) is 28.4 Å². The first-order valence-electron chi connectivity index (χ1n) is 12.9. The fraction of sp³-hybridized carbons (Fsp3) is 0.407. The number of carbonyl (C=O) groups is 1. The highest BCUT2D eigenvalue weighted by atomic mass is 19.4. The molecule has 0 saturated heterocycles. The molecule has 3 heterocycles. The maximum atomic E-state index is 13.0. The molecule has 5 rings (SSSR count). The summed E-state index contributed by atoms with van der Waals surface area (Å²) in [5.74, 6) is -0.306. The third-order valence-corrected chi connectivity index (χ3v) is 7.71. The topological polar surface area (TPSA) is 112 Å². The van der Waals surface area contributed by atoms with Crippen LogP contribution in [0.2, 0.25) is 0 Å². The van der Waals surface area contributed by atoms with Crippen LogP contribution in [0.15, 0.2) is 53.6 Å². The van der Waals surface area contributed by atoms with E-state index in [-0.39, 0.29) is 28.6 Å². The van der Waals surface area contributed by atoms with Crippen molar-refractivity contribution >= 4 is 22.2 Å². The zero-order valence-corrected chi connectivity index (χ0v) is 21.4. The molecule has 1 aliphatic carbocycles. The number of hydrogen-bond acceptors (Lipinski definition) is 5. The van der Waals surface area contributed by atoms with Crippen LogP contribution in [-0.2, 0) is 6.42 Å². The van der Waals surface area contributed by atoms with E-state index in [0.29, 0.717) is 23.7 Å². The minimum atomic E-state index is -5.89. The molecule has 218 valence electrons. The Morgan fingerprint density at radius 3 is 2.32 bits per heavy atom. The van der Waals surface area contributed by atoms with Gasteiger partial charge in [-0.1, -0.05) is 24.3 Å². The van der Waals surface area contributed by atoms with Gasteiger partial charge in [0.15, 0.2) is 0 Å². The maximum Gasteiger partial charge on any atom is 0.426 e. The van der Waals surface area contributed by atoms with Gasteiger partial charge in [0, 0.05) is 23.5 Å². The molecule has 3 N–H and O–H groups in total. The molecule has 14 heteroatoms. The fourth-order valence-corrected chi connectivity index (χ4v) is 5.34. The first-order valence-corrected chi connectivity index (χ1v) is 12.9. The number of pyridine rings is 1. The van der Waals surface area contributed by atoms with E-state index in [1.807, 2.05) is 12.1 Å². The number of nitrogens with zero attached hydrogens (tertiary/aromatic N) is 3. The molecule has 1 aromatic carbocycles. The third-order valence-electron chi connectivity index (χ3n) is 7.71. The number of amides is 1. The summed E-state index contributed by atoms with van der Waals surface area (Å²) in [6.07, 6.45) is -8.84. The van der Waals surface area contributed by atoms with Crippen LogP contribution >= 0.6 is 0 Å². The van der Waals surface area contributed by atoms with Crippen molar-refractivity contribution in [2.24, 2.45) is 0 Å². The van der Waals surface area contributed by atoms with E-state index < -0.39 is 36.7 Å². The number of hydrogen-bond donors (Lipinski definition) is 3. The molecule has 0 unspecified atom stereocenters. The molecule has 41 heavy (non-hydrogen) atoms. The van der Waals surface area contributed by atoms with Gasteiger partial charge in [-0.3, -0.25) is 9.59 Å². The van der Waals surface area contributed by atoms with Gasteiger partial charge in [-0.05, 0) is 56.2 Å². The summed E-state index contributed by atoms with van der Waals surface area (Å²) in [6.45, 7) is 0. The zero-order valence-electron chi connectivity index (χ0n) is 21.4. The molecule has 4 aromatic rings. The lowest BCUT2D eigenvalue weighted by Gasteiger charge is -2.32. The van der Waals surface area contributed by atoms with Crippen molar-refractivity contribution in [3.8, 4) is 0 Å². The van der Waals surface area contributed by atoms with E-state index in [2.05, 4.69) is 20.6 Å². The molecular weight excluding hydrogens is 556 g/mol. The van der Waals surface area contributed by atoms with E-state index in [9.17, 15) is 41.0 Å². The number of fused-ring (bicyclic) bond motifs is 2. The lowest BCUT2D eigenvalue weighted by atomic mass is 9.82. The average molecular weight is 582 g/mol. The molecule has 1 aliphatic rings. The molecule has 0 aliphatic heterocycles. The number of H-pyrrole nitrogens is 1. The molecule has 0 spiro atoms. The quantitative estimate of drug-likeness (QED) is 0.283. The van der Waals surface area contributed by atoms with Gasteiger partial charge in [-0.25, -0.2) is 9.61 Å². The minimum absolute atomic E-state index is 0.0706. The Balaban J connectivity index is 1.23. The maximum absolute atomic E-state index is 13.0. The van der Waals surface area contributed by atoms with Crippen molar-refractivity contribution in [2.75, 3.05) is 0 Å². The molecular formula is C27H25F6N5O3. The van der Waals surface area contributed by atoms with Crippen LogP contribution < -0.4 is 10.9 Å². The van der Waals surface area contributed by atoms with Crippen LogP contribution in [0.25, 0.3) is 16.3 Å². The van der Waals surface area contributed by atoms with Crippen LogP contribution in [0.4, 0.5) is 26.3 Å². The number of aromatic amines is 1. The lowest BCUT2D eigenvalue weighted by Crippen LogP contribution is -2.57. The standard InChI is InChI=1S/C27H25F6N5O3/c28-26(29,30)25(41,27(31,32)33)12-11-15-5-10-21-20(13-34-38(21)14-15)23(39)35-17-8-6-16(7-9-17)22-18-3-1-2-4-19(18)24(40)37-36-22/h1-5,10,13-14,16-17,41H,6-9,11-12H2,(H,35,39)(H,37,40). The van der Waals surface area contributed by atoms with Gasteiger partial charge in [0.1, 0.15) is 0 Å². The van der Waals surface area contributed by atoms with Crippen LogP contribution in [0, 0.1) is 0 Å². The molecule has 0 bridgehead atoms. The number of halogens is 6. The summed E-state index contributed by atoms with van der Waals surface area (Å²) in [4.78, 5) is 25.1.